The molecule has 0 aromatic heterocycles. The van der Waals surface area contributed by atoms with E-state index < -0.39 is 12.0 Å². The number of nitrogens with zero attached hydrogens (tertiary/aromatic N) is 1. The van der Waals surface area contributed by atoms with Crippen LogP contribution >= 0.6 is 0 Å². The van der Waals surface area contributed by atoms with Crippen LogP contribution in [0, 0.1) is 5.92 Å². The molecule has 2 rings (SSSR count). The largest absolute Gasteiger partial charge is 0.478 e. The second-order valence-corrected chi connectivity index (χ2v) is 5.99. The molecule has 5 nitrogen and oxygen atoms in total. The van der Waals surface area contributed by atoms with Gasteiger partial charge in [0, 0.05) is 13.1 Å². The van der Waals surface area contributed by atoms with Crippen molar-refractivity contribution in [1.82, 2.24) is 4.90 Å². The van der Waals surface area contributed by atoms with Crippen LogP contribution in [0.2, 0.25) is 0 Å². The Morgan fingerprint density at radius 2 is 2.10 bits per heavy atom. The van der Waals surface area contributed by atoms with Crippen LogP contribution in [0.3, 0.4) is 0 Å². The molecule has 1 aromatic carbocycles. The van der Waals surface area contributed by atoms with Gasteiger partial charge in [-0.1, -0.05) is 26.0 Å². The van der Waals surface area contributed by atoms with Crippen molar-refractivity contribution in [2.24, 2.45) is 11.7 Å². The number of hydrogen-bond donors (Lipinski definition) is 2. The second kappa shape index (κ2) is 6.26. The number of aromatic carboxylic acids is 1. The lowest BCUT2D eigenvalue weighted by Crippen LogP contribution is -2.46. The van der Waals surface area contributed by atoms with Crippen LogP contribution in [0.4, 0.5) is 0 Å². The van der Waals surface area contributed by atoms with E-state index in [0.717, 1.165) is 11.1 Å². The maximum absolute atomic E-state index is 12.3. The van der Waals surface area contributed by atoms with Gasteiger partial charge < -0.3 is 15.7 Å². The van der Waals surface area contributed by atoms with Gasteiger partial charge in [-0.2, -0.15) is 0 Å². The smallest absolute Gasteiger partial charge is 0.335 e. The third-order valence-electron chi connectivity index (χ3n) is 3.85. The third kappa shape index (κ3) is 3.42. The molecule has 0 saturated carbocycles. The van der Waals surface area contributed by atoms with E-state index in [9.17, 15) is 14.7 Å². The highest BCUT2D eigenvalue weighted by Crippen LogP contribution is 2.23. The summed E-state index contributed by atoms with van der Waals surface area (Å²) >= 11 is 0. The molecule has 1 heterocycles. The van der Waals surface area contributed by atoms with Gasteiger partial charge in [0.25, 0.3) is 0 Å². The summed E-state index contributed by atoms with van der Waals surface area (Å²) in [5.41, 5.74) is 8.05. The highest BCUT2D eigenvalue weighted by Gasteiger charge is 2.27. The summed E-state index contributed by atoms with van der Waals surface area (Å²) in [6.07, 6.45) is 1.23. The maximum atomic E-state index is 12.3. The number of hydrogen-bond acceptors (Lipinski definition) is 3. The van der Waals surface area contributed by atoms with Crippen LogP contribution in [0.15, 0.2) is 18.2 Å². The minimum atomic E-state index is -0.914. The van der Waals surface area contributed by atoms with Crippen LogP contribution in [-0.4, -0.2) is 34.5 Å². The number of fused-ring (bicyclic) bond motifs is 1. The molecule has 3 N–H and O–H groups in total. The molecule has 0 saturated heterocycles. The van der Waals surface area contributed by atoms with Crippen LogP contribution < -0.4 is 5.73 Å². The average molecular weight is 290 g/mol. The molecular weight excluding hydrogens is 268 g/mol. The second-order valence-electron chi connectivity index (χ2n) is 5.99. The minimum absolute atomic E-state index is 0.0462. The molecule has 1 atom stereocenters. The predicted molar refractivity (Wildman–Crippen MR) is 80.0 cm³/mol. The molecule has 0 unspecified atom stereocenters. The Hall–Kier alpha value is -1.88. The lowest BCUT2D eigenvalue weighted by molar-refractivity contribution is -0.133. The van der Waals surface area contributed by atoms with E-state index in [1.54, 1.807) is 17.0 Å². The van der Waals surface area contributed by atoms with E-state index >= 15 is 0 Å². The first kappa shape index (κ1) is 15.5. The van der Waals surface area contributed by atoms with Gasteiger partial charge >= 0.3 is 5.97 Å². The van der Waals surface area contributed by atoms with Gasteiger partial charge in [-0.3, -0.25) is 4.79 Å². The Bertz CT molecular complexity index is 554. The van der Waals surface area contributed by atoms with Crippen molar-refractivity contribution < 1.29 is 14.7 Å². The zero-order valence-corrected chi connectivity index (χ0v) is 12.5. The predicted octanol–water partition coefficient (Wildman–Crippen LogP) is 1.64. The Morgan fingerprint density at radius 3 is 2.71 bits per heavy atom. The maximum Gasteiger partial charge on any atom is 0.335 e. The van der Waals surface area contributed by atoms with Gasteiger partial charge in [0.15, 0.2) is 0 Å². The summed E-state index contributed by atoms with van der Waals surface area (Å²) in [4.78, 5) is 25.3. The van der Waals surface area contributed by atoms with Crippen molar-refractivity contribution in [3.63, 3.8) is 0 Å². The normalized spacial score (nSPS) is 15.7. The van der Waals surface area contributed by atoms with Gasteiger partial charge in [-0.15, -0.1) is 0 Å². The molecule has 0 spiro atoms. The van der Waals surface area contributed by atoms with E-state index in [-0.39, 0.29) is 5.91 Å². The first-order valence-corrected chi connectivity index (χ1v) is 7.28. The van der Waals surface area contributed by atoms with Crippen LogP contribution in [0.25, 0.3) is 0 Å². The Labute approximate surface area is 124 Å². The van der Waals surface area contributed by atoms with Gasteiger partial charge in [0.1, 0.15) is 0 Å². The van der Waals surface area contributed by atoms with Crippen molar-refractivity contribution in [1.29, 1.82) is 0 Å². The topological polar surface area (TPSA) is 83.6 Å². The fourth-order valence-corrected chi connectivity index (χ4v) is 2.84. The summed E-state index contributed by atoms with van der Waals surface area (Å²) in [5.74, 6) is -0.585. The summed E-state index contributed by atoms with van der Waals surface area (Å²) in [6.45, 7) is 5.05. The first-order chi connectivity index (χ1) is 9.90. The number of carbonyl (C=O) groups excluding carboxylic acids is 1. The van der Waals surface area contributed by atoms with Crippen molar-refractivity contribution in [3.8, 4) is 0 Å². The molecule has 114 valence electrons. The monoisotopic (exact) mass is 290 g/mol. The first-order valence-electron chi connectivity index (χ1n) is 7.28. The number of nitrogens with two attached hydrogens (primary N) is 1. The van der Waals surface area contributed by atoms with Crippen molar-refractivity contribution >= 4 is 11.9 Å². The molecule has 1 aromatic rings. The lowest BCUT2D eigenvalue weighted by atomic mass is 9.93. The molecule has 0 bridgehead atoms. The number of carboxylic acid groups (broad SMARTS) is 1. The van der Waals surface area contributed by atoms with E-state index in [0.29, 0.717) is 37.4 Å². The molecule has 1 aliphatic heterocycles. The zero-order chi connectivity index (χ0) is 15.6. The number of rotatable bonds is 4. The molecule has 0 fully saturated rings. The SMILES string of the molecule is CC(C)C[C@@H](N)C(=O)N1CCc2c(cccc2C(=O)O)C1. The Morgan fingerprint density at radius 1 is 1.38 bits per heavy atom. The molecule has 0 radical (unpaired) electrons. The van der Waals surface area contributed by atoms with Gasteiger partial charge in [-0.05, 0) is 36.0 Å². The van der Waals surface area contributed by atoms with Crippen molar-refractivity contribution in [2.45, 2.75) is 39.3 Å². The van der Waals surface area contributed by atoms with Crippen LogP contribution in [0.1, 0.15) is 41.8 Å². The van der Waals surface area contributed by atoms with Crippen molar-refractivity contribution in [2.75, 3.05) is 6.54 Å². The molecule has 0 aliphatic carbocycles. The molecular formula is C16H22N2O3. The third-order valence-corrected chi connectivity index (χ3v) is 3.85. The number of amides is 1. The number of benzene rings is 1. The van der Waals surface area contributed by atoms with Crippen LogP contribution in [-0.2, 0) is 17.8 Å². The van der Waals surface area contributed by atoms with E-state index in [1.165, 1.54) is 0 Å². The summed E-state index contributed by atoms with van der Waals surface area (Å²) in [6, 6.07) is 4.75. The minimum Gasteiger partial charge on any atom is -0.478 e. The van der Waals surface area contributed by atoms with E-state index in [2.05, 4.69) is 0 Å². The van der Waals surface area contributed by atoms with E-state index in [4.69, 9.17) is 5.73 Å². The summed E-state index contributed by atoms with van der Waals surface area (Å²) in [7, 11) is 0. The fraction of sp³-hybridized carbons (Fsp3) is 0.500. The van der Waals surface area contributed by atoms with Gasteiger partial charge in [-0.25, -0.2) is 4.79 Å². The number of carbonyl (C=O) groups is 2. The summed E-state index contributed by atoms with van der Waals surface area (Å²) in [5, 5.41) is 9.20. The number of carboxylic acids is 1. The molecule has 5 heteroatoms. The van der Waals surface area contributed by atoms with Gasteiger partial charge in [0.05, 0.1) is 11.6 Å². The van der Waals surface area contributed by atoms with Crippen LogP contribution in [0.5, 0.6) is 0 Å². The Kier molecular flexibility index (Phi) is 4.63. The Balaban J connectivity index is 2.15. The quantitative estimate of drug-likeness (QED) is 0.883. The molecule has 1 aliphatic rings. The standard InChI is InChI=1S/C16H22N2O3/c1-10(2)8-14(17)15(19)18-7-6-12-11(9-18)4-3-5-13(12)16(20)21/h3-5,10,14H,6-9,17H2,1-2H3,(H,20,21)/t14-/m1/s1. The lowest BCUT2D eigenvalue weighted by Gasteiger charge is -2.31. The zero-order valence-electron chi connectivity index (χ0n) is 12.5. The molecule has 1 amide bonds. The average Bonchev–Trinajstić information content (AvgIpc) is 2.44. The van der Waals surface area contributed by atoms with Crippen molar-refractivity contribution in [3.05, 3.63) is 34.9 Å². The highest BCUT2D eigenvalue weighted by atomic mass is 16.4. The summed E-state index contributed by atoms with van der Waals surface area (Å²) < 4.78 is 0. The van der Waals surface area contributed by atoms with Gasteiger partial charge in [0.2, 0.25) is 5.91 Å². The van der Waals surface area contributed by atoms with E-state index in [1.807, 2.05) is 19.9 Å². The fourth-order valence-electron chi connectivity index (χ4n) is 2.84. The highest BCUT2D eigenvalue weighted by molar-refractivity contribution is 5.90. The molecule has 21 heavy (non-hydrogen) atoms.